The van der Waals surface area contributed by atoms with Crippen LogP contribution in [0.2, 0.25) is 5.28 Å². The molecular formula is C12H10ClF3N4O. The third kappa shape index (κ3) is 3.78. The first-order valence-corrected chi connectivity index (χ1v) is 6.35. The Balaban J connectivity index is 2.49. The Morgan fingerprint density at radius 1 is 1.24 bits per heavy atom. The molecule has 0 fully saturated rings. The maximum Gasteiger partial charge on any atom is 0.417 e. The van der Waals surface area contributed by atoms with Crippen LogP contribution in [0.25, 0.3) is 11.4 Å². The van der Waals surface area contributed by atoms with Crippen LogP contribution < -0.4 is 4.74 Å². The van der Waals surface area contributed by atoms with Crippen LogP contribution in [-0.2, 0) is 6.18 Å². The zero-order chi connectivity index (χ0) is 15.5. The molecule has 2 aromatic heterocycles. The molecule has 9 heteroatoms. The minimum atomic E-state index is -4.55. The lowest BCUT2D eigenvalue weighted by atomic mass is 10.1. The Hall–Kier alpha value is -1.96. The molecule has 0 aliphatic rings. The highest BCUT2D eigenvalue weighted by molar-refractivity contribution is 6.28. The molecule has 0 N–H and O–H groups in total. The van der Waals surface area contributed by atoms with E-state index in [9.17, 15) is 13.2 Å². The number of alkyl halides is 3. The lowest BCUT2D eigenvalue weighted by Gasteiger charge is -2.11. The molecule has 0 aromatic carbocycles. The summed E-state index contributed by atoms with van der Waals surface area (Å²) in [6.45, 7) is 2.19. The molecule has 0 saturated carbocycles. The molecule has 2 aromatic rings. The number of hydrogen-bond donors (Lipinski definition) is 0. The van der Waals surface area contributed by atoms with Gasteiger partial charge in [0.1, 0.15) is 0 Å². The SMILES string of the molecule is CCCOc1nc(Cl)nc(-c2cnccc2C(F)(F)F)n1. The number of rotatable bonds is 4. The molecule has 21 heavy (non-hydrogen) atoms. The van der Waals surface area contributed by atoms with Crippen LogP contribution in [0.15, 0.2) is 18.5 Å². The van der Waals surface area contributed by atoms with Crippen molar-refractivity contribution < 1.29 is 17.9 Å². The molecule has 112 valence electrons. The fourth-order valence-electron chi connectivity index (χ4n) is 1.53. The number of ether oxygens (including phenoxy) is 1. The fourth-order valence-corrected chi connectivity index (χ4v) is 1.68. The van der Waals surface area contributed by atoms with Gasteiger partial charge in [0.2, 0.25) is 5.28 Å². The third-order valence-electron chi connectivity index (χ3n) is 2.39. The van der Waals surface area contributed by atoms with Gasteiger partial charge in [-0.25, -0.2) is 0 Å². The molecular weight excluding hydrogens is 309 g/mol. The standard InChI is InChI=1S/C12H10ClF3N4O/c1-2-5-21-11-19-9(18-10(13)20-11)7-6-17-4-3-8(7)12(14,15)16/h3-4,6H,2,5H2,1H3. The lowest BCUT2D eigenvalue weighted by molar-refractivity contribution is -0.137. The molecule has 0 aliphatic carbocycles. The van der Waals surface area contributed by atoms with Gasteiger partial charge in [-0.1, -0.05) is 6.92 Å². The van der Waals surface area contributed by atoms with Crippen LogP contribution in [0.3, 0.4) is 0 Å². The molecule has 2 heterocycles. The maximum atomic E-state index is 13.0. The predicted octanol–water partition coefficient (Wildman–Crippen LogP) is 3.39. The monoisotopic (exact) mass is 318 g/mol. The van der Waals surface area contributed by atoms with Gasteiger partial charge in [0, 0.05) is 12.4 Å². The molecule has 0 bridgehead atoms. The van der Waals surface area contributed by atoms with Crippen molar-refractivity contribution in [1.29, 1.82) is 0 Å². The van der Waals surface area contributed by atoms with Gasteiger partial charge in [-0.2, -0.15) is 28.1 Å². The largest absolute Gasteiger partial charge is 0.463 e. The molecule has 0 amide bonds. The van der Waals surface area contributed by atoms with E-state index in [1.54, 1.807) is 0 Å². The van der Waals surface area contributed by atoms with Crippen LogP contribution >= 0.6 is 11.6 Å². The van der Waals surface area contributed by atoms with Gasteiger partial charge in [0.15, 0.2) is 5.82 Å². The molecule has 0 radical (unpaired) electrons. The molecule has 5 nitrogen and oxygen atoms in total. The van der Waals surface area contributed by atoms with Crippen LogP contribution in [-0.4, -0.2) is 26.5 Å². The Morgan fingerprint density at radius 3 is 2.67 bits per heavy atom. The zero-order valence-electron chi connectivity index (χ0n) is 10.9. The lowest BCUT2D eigenvalue weighted by Crippen LogP contribution is -2.09. The van der Waals surface area contributed by atoms with Crippen molar-refractivity contribution in [3.63, 3.8) is 0 Å². The van der Waals surface area contributed by atoms with Crippen molar-refractivity contribution >= 4 is 11.6 Å². The number of halogens is 4. The Morgan fingerprint density at radius 2 is 2.00 bits per heavy atom. The van der Waals surface area contributed by atoms with Crippen LogP contribution in [0.4, 0.5) is 13.2 Å². The first kappa shape index (κ1) is 15.4. The van der Waals surface area contributed by atoms with E-state index in [2.05, 4.69) is 19.9 Å². The summed E-state index contributed by atoms with van der Waals surface area (Å²) in [6, 6.07) is 0.725. The van der Waals surface area contributed by atoms with E-state index in [-0.39, 0.29) is 22.7 Å². The average Bonchev–Trinajstić information content (AvgIpc) is 2.43. The summed E-state index contributed by atoms with van der Waals surface area (Å²) >= 11 is 5.70. The van der Waals surface area contributed by atoms with E-state index in [4.69, 9.17) is 16.3 Å². The van der Waals surface area contributed by atoms with Gasteiger partial charge in [-0.15, -0.1) is 0 Å². The second kappa shape index (κ2) is 6.21. The summed E-state index contributed by atoms with van der Waals surface area (Å²) in [4.78, 5) is 14.9. The Labute approximate surface area is 123 Å². The maximum absolute atomic E-state index is 13.0. The number of hydrogen-bond acceptors (Lipinski definition) is 5. The highest BCUT2D eigenvalue weighted by Gasteiger charge is 2.34. The smallest absolute Gasteiger partial charge is 0.417 e. The van der Waals surface area contributed by atoms with Gasteiger partial charge < -0.3 is 4.74 Å². The summed E-state index contributed by atoms with van der Waals surface area (Å²) < 4.78 is 44.1. The van der Waals surface area contributed by atoms with Gasteiger partial charge in [0.05, 0.1) is 17.7 Å². The first-order chi connectivity index (χ1) is 9.91. The summed E-state index contributed by atoms with van der Waals surface area (Å²) in [5.41, 5.74) is -1.18. The minimum absolute atomic E-state index is 0.121. The van der Waals surface area contributed by atoms with Gasteiger partial charge in [0.25, 0.3) is 0 Å². The highest BCUT2D eigenvalue weighted by Crippen LogP contribution is 2.35. The number of nitrogens with zero attached hydrogens (tertiary/aromatic N) is 4. The first-order valence-electron chi connectivity index (χ1n) is 5.97. The Kier molecular flexibility index (Phi) is 4.56. The second-order valence-corrected chi connectivity index (χ2v) is 4.32. The van der Waals surface area contributed by atoms with Crippen LogP contribution in [0.5, 0.6) is 6.01 Å². The second-order valence-electron chi connectivity index (χ2n) is 3.98. The number of aromatic nitrogens is 4. The normalized spacial score (nSPS) is 11.5. The predicted molar refractivity (Wildman–Crippen MR) is 68.9 cm³/mol. The quantitative estimate of drug-likeness (QED) is 0.864. The van der Waals surface area contributed by atoms with Gasteiger partial charge in [-0.3, -0.25) is 4.98 Å². The summed E-state index contributed by atoms with van der Waals surface area (Å²) in [7, 11) is 0. The molecule has 0 aliphatic heterocycles. The van der Waals surface area contributed by atoms with Crippen molar-refractivity contribution in [1.82, 2.24) is 19.9 Å². The van der Waals surface area contributed by atoms with Crippen molar-refractivity contribution in [3.05, 3.63) is 29.3 Å². The van der Waals surface area contributed by atoms with E-state index < -0.39 is 11.7 Å². The highest BCUT2D eigenvalue weighted by atomic mass is 35.5. The van der Waals surface area contributed by atoms with Crippen molar-refractivity contribution in [3.8, 4) is 17.4 Å². The van der Waals surface area contributed by atoms with E-state index in [0.717, 1.165) is 18.5 Å². The molecule has 2 rings (SSSR count). The molecule has 0 saturated heterocycles. The summed E-state index contributed by atoms with van der Waals surface area (Å²) in [5.74, 6) is -0.235. The molecule has 0 spiro atoms. The zero-order valence-corrected chi connectivity index (χ0v) is 11.6. The number of pyridine rings is 1. The van der Waals surface area contributed by atoms with E-state index >= 15 is 0 Å². The van der Waals surface area contributed by atoms with Crippen molar-refractivity contribution in [2.45, 2.75) is 19.5 Å². The summed E-state index contributed by atoms with van der Waals surface area (Å²) in [6.07, 6.45) is -1.79. The van der Waals surface area contributed by atoms with E-state index in [1.165, 1.54) is 0 Å². The minimum Gasteiger partial charge on any atom is -0.463 e. The topological polar surface area (TPSA) is 60.8 Å². The fraction of sp³-hybridized carbons (Fsp3) is 0.333. The third-order valence-corrected chi connectivity index (χ3v) is 2.56. The molecule has 0 unspecified atom stereocenters. The Bertz CT molecular complexity index is 636. The van der Waals surface area contributed by atoms with Crippen LogP contribution in [0.1, 0.15) is 18.9 Å². The van der Waals surface area contributed by atoms with Gasteiger partial charge >= 0.3 is 12.2 Å². The van der Waals surface area contributed by atoms with Crippen LogP contribution in [0, 0.1) is 0 Å². The average molecular weight is 319 g/mol. The van der Waals surface area contributed by atoms with E-state index in [1.807, 2.05) is 6.92 Å². The van der Waals surface area contributed by atoms with Crippen molar-refractivity contribution in [2.24, 2.45) is 0 Å². The molecule has 0 atom stereocenters. The van der Waals surface area contributed by atoms with E-state index in [0.29, 0.717) is 13.0 Å². The van der Waals surface area contributed by atoms with Gasteiger partial charge in [-0.05, 0) is 24.1 Å². The van der Waals surface area contributed by atoms with Crippen molar-refractivity contribution in [2.75, 3.05) is 6.61 Å². The summed E-state index contributed by atoms with van der Waals surface area (Å²) in [5, 5.41) is -0.247.